The summed E-state index contributed by atoms with van der Waals surface area (Å²) in [6.07, 6.45) is 4.92. The van der Waals surface area contributed by atoms with Gasteiger partial charge in [-0.2, -0.15) is 0 Å². The van der Waals surface area contributed by atoms with Gasteiger partial charge in [0.15, 0.2) is 11.5 Å². The molecule has 1 heterocycles. The lowest BCUT2D eigenvalue weighted by Crippen LogP contribution is -2.31. The molecule has 3 N–H and O–H groups in total. The van der Waals surface area contributed by atoms with E-state index in [1.54, 1.807) is 6.92 Å². The van der Waals surface area contributed by atoms with Crippen LogP contribution in [0.1, 0.15) is 75.1 Å². The molecule has 0 radical (unpaired) electrons. The van der Waals surface area contributed by atoms with Crippen molar-refractivity contribution in [1.82, 2.24) is 5.32 Å². The molecule has 0 spiro atoms. The highest BCUT2D eigenvalue weighted by Crippen LogP contribution is 2.33. The molecule has 2 aromatic rings. The molecule has 1 atom stereocenters. The summed E-state index contributed by atoms with van der Waals surface area (Å²) in [7, 11) is 0. The number of aryl methyl sites for hydroxylation is 2. The van der Waals surface area contributed by atoms with Crippen LogP contribution >= 0.6 is 0 Å². The SMILES string of the molecule is Cc1c(C(=O)NC2CCCc3cc(N)ccc32)oc2c1C(=O)CCC2. The van der Waals surface area contributed by atoms with E-state index in [-0.39, 0.29) is 23.5 Å². The van der Waals surface area contributed by atoms with E-state index in [1.165, 1.54) is 5.56 Å². The van der Waals surface area contributed by atoms with Crippen LogP contribution in [0.2, 0.25) is 0 Å². The minimum absolute atomic E-state index is 0.0471. The third-order valence-electron chi connectivity index (χ3n) is 5.30. The molecule has 4 rings (SSSR count). The van der Waals surface area contributed by atoms with Crippen molar-refractivity contribution in [3.05, 3.63) is 52.0 Å². The maximum absolute atomic E-state index is 12.8. The van der Waals surface area contributed by atoms with Gasteiger partial charge >= 0.3 is 0 Å². The first-order valence-corrected chi connectivity index (χ1v) is 8.89. The van der Waals surface area contributed by atoms with E-state index >= 15 is 0 Å². The molecule has 0 fully saturated rings. The Morgan fingerprint density at radius 1 is 1.24 bits per heavy atom. The van der Waals surface area contributed by atoms with E-state index in [0.29, 0.717) is 23.3 Å². The Morgan fingerprint density at radius 2 is 2.08 bits per heavy atom. The molecule has 1 aromatic carbocycles. The highest BCUT2D eigenvalue weighted by molar-refractivity contribution is 6.03. The molecule has 1 unspecified atom stereocenters. The predicted molar refractivity (Wildman–Crippen MR) is 94.7 cm³/mol. The zero-order chi connectivity index (χ0) is 17.6. The zero-order valence-electron chi connectivity index (χ0n) is 14.4. The molecule has 0 bridgehead atoms. The number of anilines is 1. The number of ketones is 1. The maximum Gasteiger partial charge on any atom is 0.287 e. The molecule has 5 nitrogen and oxygen atoms in total. The maximum atomic E-state index is 12.8. The third-order valence-corrected chi connectivity index (χ3v) is 5.30. The fraction of sp³-hybridized carbons (Fsp3) is 0.400. The van der Waals surface area contributed by atoms with Gasteiger partial charge in [0.05, 0.1) is 11.6 Å². The smallest absolute Gasteiger partial charge is 0.287 e. The number of carbonyl (C=O) groups excluding carboxylic acids is 2. The number of benzene rings is 1. The minimum Gasteiger partial charge on any atom is -0.455 e. The summed E-state index contributed by atoms with van der Waals surface area (Å²) in [6, 6.07) is 5.81. The van der Waals surface area contributed by atoms with Crippen molar-refractivity contribution in [2.24, 2.45) is 0 Å². The second kappa shape index (κ2) is 6.06. The molecule has 2 aliphatic rings. The number of fused-ring (bicyclic) bond motifs is 2. The summed E-state index contributed by atoms with van der Waals surface area (Å²) < 4.78 is 5.76. The van der Waals surface area contributed by atoms with Gasteiger partial charge in [0.2, 0.25) is 0 Å². The topological polar surface area (TPSA) is 85.3 Å². The Hall–Kier alpha value is -2.56. The first-order valence-electron chi connectivity index (χ1n) is 8.89. The number of nitrogens with two attached hydrogens (primary N) is 1. The summed E-state index contributed by atoms with van der Waals surface area (Å²) in [5, 5.41) is 3.09. The molecule has 0 saturated carbocycles. The number of carbonyl (C=O) groups is 2. The van der Waals surface area contributed by atoms with Gasteiger partial charge < -0.3 is 15.5 Å². The molecule has 130 valence electrons. The first-order chi connectivity index (χ1) is 12.0. The van der Waals surface area contributed by atoms with E-state index in [9.17, 15) is 9.59 Å². The van der Waals surface area contributed by atoms with Gasteiger partial charge in [-0.3, -0.25) is 9.59 Å². The van der Waals surface area contributed by atoms with Gasteiger partial charge in [0.25, 0.3) is 5.91 Å². The van der Waals surface area contributed by atoms with Gasteiger partial charge in [-0.25, -0.2) is 0 Å². The van der Waals surface area contributed by atoms with Crippen LogP contribution in [-0.4, -0.2) is 11.7 Å². The van der Waals surface area contributed by atoms with Gasteiger partial charge in [0.1, 0.15) is 5.76 Å². The number of hydrogen-bond donors (Lipinski definition) is 2. The van der Waals surface area contributed by atoms with Crippen LogP contribution in [0, 0.1) is 6.92 Å². The molecule has 5 heteroatoms. The lowest BCUT2D eigenvalue weighted by atomic mass is 9.87. The molecular weight excluding hydrogens is 316 g/mol. The van der Waals surface area contributed by atoms with Crippen molar-refractivity contribution >= 4 is 17.4 Å². The zero-order valence-corrected chi connectivity index (χ0v) is 14.4. The van der Waals surface area contributed by atoms with Crippen LogP contribution in [-0.2, 0) is 12.8 Å². The standard InChI is InChI=1S/C20H22N2O3/c1-11-18-16(23)6-3-7-17(18)25-19(11)20(24)22-15-5-2-4-12-10-13(21)8-9-14(12)15/h8-10,15H,2-7,21H2,1H3,(H,22,24). The molecule has 0 aliphatic heterocycles. The Labute approximate surface area is 146 Å². The van der Waals surface area contributed by atoms with Crippen LogP contribution in [0.15, 0.2) is 22.6 Å². The number of amides is 1. The van der Waals surface area contributed by atoms with Crippen LogP contribution in [0.3, 0.4) is 0 Å². The van der Waals surface area contributed by atoms with Crippen molar-refractivity contribution in [3.63, 3.8) is 0 Å². The lowest BCUT2D eigenvalue weighted by molar-refractivity contribution is 0.0899. The van der Waals surface area contributed by atoms with Gasteiger partial charge in [0, 0.05) is 24.1 Å². The molecule has 1 amide bonds. The first kappa shape index (κ1) is 15.9. The van der Waals surface area contributed by atoms with E-state index < -0.39 is 0 Å². The van der Waals surface area contributed by atoms with E-state index in [1.807, 2.05) is 18.2 Å². The van der Waals surface area contributed by atoms with Gasteiger partial charge in [-0.1, -0.05) is 6.07 Å². The number of nitrogen functional groups attached to an aromatic ring is 1. The van der Waals surface area contributed by atoms with Crippen molar-refractivity contribution in [1.29, 1.82) is 0 Å². The number of furan rings is 1. The number of rotatable bonds is 2. The summed E-state index contributed by atoms with van der Waals surface area (Å²) in [5.74, 6) is 0.785. The average molecular weight is 338 g/mol. The Kier molecular flexibility index (Phi) is 3.86. The van der Waals surface area contributed by atoms with Crippen molar-refractivity contribution < 1.29 is 14.0 Å². The van der Waals surface area contributed by atoms with Crippen LogP contribution in [0.25, 0.3) is 0 Å². The Balaban J connectivity index is 1.61. The Bertz CT molecular complexity index is 866. The highest BCUT2D eigenvalue weighted by atomic mass is 16.4. The number of Topliss-reactive ketones (excluding diaryl/α,β-unsaturated/α-hetero) is 1. The van der Waals surface area contributed by atoms with Crippen LogP contribution in [0.4, 0.5) is 5.69 Å². The summed E-state index contributed by atoms with van der Waals surface area (Å²) >= 11 is 0. The fourth-order valence-corrected chi connectivity index (χ4v) is 4.07. The van der Waals surface area contributed by atoms with Crippen LogP contribution in [0.5, 0.6) is 0 Å². The lowest BCUT2D eigenvalue weighted by Gasteiger charge is -2.26. The fourth-order valence-electron chi connectivity index (χ4n) is 4.07. The van der Waals surface area contributed by atoms with Crippen molar-refractivity contribution in [2.75, 3.05) is 5.73 Å². The quantitative estimate of drug-likeness (QED) is 0.821. The van der Waals surface area contributed by atoms with E-state index in [0.717, 1.165) is 43.4 Å². The molecule has 0 saturated heterocycles. The largest absolute Gasteiger partial charge is 0.455 e. The summed E-state index contributed by atoms with van der Waals surface area (Å²) in [4.78, 5) is 24.9. The molecule has 25 heavy (non-hydrogen) atoms. The highest BCUT2D eigenvalue weighted by Gasteiger charge is 2.30. The predicted octanol–water partition coefficient (Wildman–Crippen LogP) is 3.50. The Morgan fingerprint density at radius 3 is 2.88 bits per heavy atom. The average Bonchev–Trinajstić information content (AvgIpc) is 2.93. The van der Waals surface area contributed by atoms with E-state index in [2.05, 4.69) is 5.32 Å². The van der Waals surface area contributed by atoms with E-state index in [4.69, 9.17) is 10.2 Å². The molecular formula is C20H22N2O3. The monoisotopic (exact) mass is 338 g/mol. The second-order valence-corrected chi connectivity index (χ2v) is 7.01. The van der Waals surface area contributed by atoms with Crippen LogP contribution < -0.4 is 11.1 Å². The summed E-state index contributed by atoms with van der Waals surface area (Å²) in [6.45, 7) is 1.80. The molecule has 2 aliphatic carbocycles. The third kappa shape index (κ3) is 2.73. The van der Waals surface area contributed by atoms with Gasteiger partial charge in [-0.05, 0) is 55.9 Å². The molecule has 1 aromatic heterocycles. The van der Waals surface area contributed by atoms with Gasteiger partial charge in [-0.15, -0.1) is 0 Å². The van der Waals surface area contributed by atoms with Crippen molar-refractivity contribution in [2.45, 2.75) is 51.5 Å². The number of hydrogen-bond acceptors (Lipinski definition) is 4. The summed E-state index contributed by atoms with van der Waals surface area (Å²) in [5.41, 5.74) is 10.2. The second-order valence-electron chi connectivity index (χ2n) is 7.01. The number of nitrogens with one attached hydrogen (secondary N) is 1. The minimum atomic E-state index is -0.241. The normalized spacial score (nSPS) is 19.2. The van der Waals surface area contributed by atoms with Crippen molar-refractivity contribution in [3.8, 4) is 0 Å².